The van der Waals surface area contributed by atoms with Gasteiger partial charge in [-0.15, -0.1) is 0 Å². The van der Waals surface area contributed by atoms with E-state index in [1.165, 1.54) is 6.07 Å². The smallest absolute Gasteiger partial charge is 0.134 e. The van der Waals surface area contributed by atoms with E-state index in [1.807, 2.05) is 0 Å². The van der Waals surface area contributed by atoms with Crippen LogP contribution >= 0.6 is 11.6 Å². The van der Waals surface area contributed by atoms with Gasteiger partial charge in [0.15, 0.2) is 0 Å². The lowest BCUT2D eigenvalue weighted by Crippen LogP contribution is -2.02. The van der Waals surface area contributed by atoms with Crippen molar-refractivity contribution in [3.05, 3.63) is 58.9 Å². The Hall–Kier alpha value is -1.58. The third-order valence-corrected chi connectivity index (χ3v) is 2.54. The zero-order valence-electron chi connectivity index (χ0n) is 8.99. The van der Waals surface area contributed by atoms with E-state index in [4.69, 9.17) is 22.1 Å². The first-order valence-electron chi connectivity index (χ1n) is 5.11. The lowest BCUT2D eigenvalue weighted by atomic mass is 10.2. The van der Waals surface area contributed by atoms with Gasteiger partial charge in [0.25, 0.3) is 0 Å². The minimum Gasteiger partial charge on any atom is -0.457 e. The van der Waals surface area contributed by atoms with Crippen molar-refractivity contribution in [2.45, 2.75) is 6.54 Å². The summed E-state index contributed by atoms with van der Waals surface area (Å²) in [4.78, 5) is 0. The summed E-state index contributed by atoms with van der Waals surface area (Å²) in [6.45, 7) is 0.0859. The molecule has 4 heteroatoms. The number of ether oxygens (including phenoxy) is 1. The van der Waals surface area contributed by atoms with E-state index in [9.17, 15) is 4.39 Å². The third kappa shape index (κ3) is 2.75. The molecule has 0 bridgehead atoms. The number of benzene rings is 2. The summed E-state index contributed by atoms with van der Waals surface area (Å²) < 4.78 is 19.0. The zero-order chi connectivity index (χ0) is 12.3. The molecule has 88 valence electrons. The fraction of sp³-hybridized carbons (Fsp3) is 0.0769. The number of hydrogen-bond donors (Lipinski definition) is 1. The maximum Gasteiger partial charge on any atom is 0.134 e. The minimum atomic E-state index is -0.368. The van der Waals surface area contributed by atoms with Crippen LogP contribution in [-0.2, 0) is 6.54 Å². The lowest BCUT2D eigenvalue weighted by Gasteiger charge is -2.10. The van der Waals surface area contributed by atoms with Gasteiger partial charge in [0.2, 0.25) is 0 Å². The highest BCUT2D eigenvalue weighted by atomic mass is 35.5. The Labute approximate surface area is 104 Å². The summed E-state index contributed by atoms with van der Waals surface area (Å²) in [7, 11) is 0. The molecule has 2 rings (SSSR count). The summed E-state index contributed by atoms with van der Waals surface area (Å²) in [5.41, 5.74) is 5.84. The van der Waals surface area contributed by atoms with Crippen LogP contribution in [-0.4, -0.2) is 0 Å². The molecule has 17 heavy (non-hydrogen) atoms. The number of halogens is 2. The van der Waals surface area contributed by atoms with Crippen molar-refractivity contribution in [3.8, 4) is 11.5 Å². The van der Waals surface area contributed by atoms with Gasteiger partial charge in [-0.25, -0.2) is 4.39 Å². The molecule has 0 fully saturated rings. The van der Waals surface area contributed by atoms with Crippen LogP contribution in [0.15, 0.2) is 42.5 Å². The summed E-state index contributed by atoms with van der Waals surface area (Å²) in [5, 5.41) is 0.563. The molecule has 0 atom stereocenters. The van der Waals surface area contributed by atoms with Crippen LogP contribution in [0, 0.1) is 5.82 Å². The molecule has 0 aliphatic carbocycles. The normalized spacial score (nSPS) is 10.3. The van der Waals surface area contributed by atoms with Crippen molar-refractivity contribution in [2.24, 2.45) is 5.73 Å². The second kappa shape index (κ2) is 5.17. The second-order valence-electron chi connectivity index (χ2n) is 3.48. The fourth-order valence-electron chi connectivity index (χ4n) is 1.49. The Kier molecular flexibility index (Phi) is 3.61. The van der Waals surface area contributed by atoms with Crippen molar-refractivity contribution in [3.63, 3.8) is 0 Å². The Morgan fingerprint density at radius 3 is 2.65 bits per heavy atom. The van der Waals surface area contributed by atoms with E-state index in [-0.39, 0.29) is 12.4 Å². The molecular weight excluding hydrogens is 241 g/mol. The monoisotopic (exact) mass is 251 g/mol. The standard InChI is InChI=1S/C13H11ClFNO/c14-9-3-1-4-10(7-9)17-13-6-2-5-12(15)11(13)8-16/h1-7H,8,16H2. The topological polar surface area (TPSA) is 35.2 Å². The SMILES string of the molecule is NCc1c(F)cccc1Oc1cccc(Cl)c1. The van der Waals surface area contributed by atoms with Crippen LogP contribution in [0.25, 0.3) is 0 Å². The molecular formula is C13H11ClFNO. The average Bonchev–Trinajstić information content (AvgIpc) is 2.29. The van der Waals surface area contributed by atoms with Gasteiger partial charge in [0.05, 0.1) is 0 Å². The molecule has 0 aromatic heterocycles. The van der Waals surface area contributed by atoms with E-state index in [2.05, 4.69) is 0 Å². The number of hydrogen-bond acceptors (Lipinski definition) is 2. The van der Waals surface area contributed by atoms with Gasteiger partial charge in [-0.05, 0) is 30.3 Å². The van der Waals surface area contributed by atoms with Crippen LogP contribution < -0.4 is 10.5 Å². The Balaban J connectivity index is 2.33. The number of nitrogens with two attached hydrogens (primary N) is 1. The van der Waals surface area contributed by atoms with Gasteiger partial charge in [-0.1, -0.05) is 23.7 Å². The molecule has 2 N–H and O–H groups in total. The maximum absolute atomic E-state index is 13.4. The van der Waals surface area contributed by atoms with Crippen LogP contribution in [0.2, 0.25) is 5.02 Å². The second-order valence-corrected chi connectivity index (χ2v) is 3.92. The predicted molar refractivity (Wildman–Crippen MR) is 65.8 cm³/mol. The highest BCUT2D eigenvalue weighted by molar-refractivity contribution is 6.30. The summed E-state index contributed by atoms with van der Waals surface area (Å²) in [5.74, 6) is 0.597. The molecule has 0 spiro atoms. The Morgan fingerprint density at radius 1 is 1.18 bits per heavy atom. The first-order valence-corrected chi connectivity index (χ1v) is 5.49. The molecule has 2 aromatic carbocycles. The summed E-state index contributed by atoms with van der Waals surface area (Å²) in [6, 6.07) is 11.5. The first kappa shape index (κ1) is 11.9. The van der Waals surface area contributed by atoms with Crippen molar-refractivity contribution in [1.29, 1.82) is 0 Å². The van der Waals surface area contributed by atoms with E-state index >= 15 is 0 Å². The van der Waals surface area contributed by atoms with Crippen LogP contribution in [0.1, 0.15) is 5.56 Å². The van der Waals surface area contributed by atoms with Gasteiger partial charge in [0.1, 0.15) is 17.3 Å². The van der Waals surface area contributed by atoms with E-state index in [0.29, 0.717) is 22.1 Å². The molecule has 0 radical (unpaired) electrons. The van der Waals surface area contributed by atoms with Crippen LogP contribution in [0.5, 0.6) is 11.5 Å². The van der Waals surface area contributed by atoms with Gasteiger partial charge >= 0.3 is 0 Å². The molecule has 2 nitrogen and oxygen atoms in total. The average molecular weight is 252 g/mol. The van der Waals surface area contributed by atoms with E-state index < -0.39 is 0 Å². The minimum absolute atomic E-state index is 0.0859. The molecule has 0 unspecified atom stereocenters. The van der Waals surface area contributed by atoms with Gasteiger partial charge < -0.3 is 10.5 Å². The largest absolute Gasteiger partial charge is 0.457 e. The highest BCUT2D eigenvalue weighted by Gasteiger charge is 2.08. The molecule has 0 heterocycles. The fourth-order valence-corrected chi connectivity index (χ4v) is 1.67. The van der Waals surface area contributed by atoms with Gasteiger partial charge in [-0.2, -0.15) is 0 Å². The van der Waals surface area contributed by atoms with Crippen molar-refractivity contribution in [2.75, 3.05) is 0 Å². The van der Waals surface area contributed by atoms with Gasteiger partial charge in [-0.3, -0.25) is 0 Å². The highest BCUT2D eigenvalue weighted by Crippen LogP contribution is 2.28. The molecule has 0 aliphatic heterocycles. The first-order chi connectivity index (χ1) is 8.20. The Morgan fingerprint density at radius 2 is 1.94 bits per heavy atom. The zero-order valence-corrected chi connectivity index (χ0v) is 9.75. The number of rotatable bonds is 3. The molecule has 0 aliphatic rings. The van der Waals surface area contributed by atoms with Crippen molar-refractivity contribution < 1.29 is 9.13 Å². The van der Waals surface area contributed by atoms with Crippen molar-refractivity contribution in [1.82, 2.24) is 0 Å². The van der Waals surface area contributed by atoms with Crippen molar-refractivity contribution >= 4 is 11.6 Å². The molecule has 0 amide bonds. The quantitative estimate of drug-likeness (QED) is 0.902. The maximum atomic E-state index is 13.4. The van der Waals surface area contributed by atoms with E-state index in [0.717, 1.165) is 0 Å². The Bertz CT molecular complexity index is 531. The summed E-state index contributed by atoms with van der Waals surface area (Å²) in [6.07, 6.45) is 0. The third-order valence-electron chi connectivity index (χ3n) is 2.30. The predicted octanol–water partition coefficient (Wildman–Crippen LogP) is 3.73. The lowest BCUT2D eigenvalue weighted by molar-refractivity contribution is 0.467. The molecule has 0 saturated carbocycles. The summed E-state index contributed by atoms with van der Waals surface area (Å²) >= 11 is 5.84. The van der Waals surface area contributed by atoms with Gasteiger partial charge in [0, 0.05) is 17.1 Å². The van der Waals surface area contributed by atoms with Crippen LogP contribution in [0.3, 0.4) is 0 Å². The molecule has 0 saturated heterocycles. The molecule has 2 aromatic rings. The van der Waals surface area contributed by atoms with Crippen LogP contribution in [0.4, 0.5) is 4.39 Å². The van der Waals surface area contributed by atoms with E-state index in [1.54, 1.807) is 36.4 Å².